The Morgan fingerprint density at radius 1 is 1.26 bits per heavy atom. The fraction of sp³-hybridized carbons (Fsp3) is 0.462. The van der Waals surface area contributed by atoms with Crippen molar-refractivity contribution in [2.45, 2.75) is 58.2 Å². The second kappa shape index (κ2) is 8.73. The lowest BCUT2D eigenvalue weighted by Gasteiger charge is -2.31. The van der Waals surface area contributed by atoms with E-state index in [2.05, 4.69) is 53.9 Å². The minimum absolute atomic E-state index is 0.0376. The van der Waals surface area contributed by atoms with Crippen molar-refractivity contribution in [3.05, 3.63) is 51.9 Å². The molecule has 4 heterocycles. The molecule has 8 heteroatoms. The Kier molecular flexibility index (Phi) is 5.74. The van der Waals surface area contributed by atoms with Gasteiger partial charge in [0.2, 0.25) is 5.95 Å². The smallest absolute Gasteiger partial charge is 0.293 e. The molecule has 0 radical (unpaired) electrons. The standard InChI is InChI=1S/C26H31N7O/c1-4-5-13-32-23-21(30-25(32)31-12-8-9-18(27)15-31)14-29-33(24(23)34)16-22-19-10-6-7-11-20(19)26(2,3)17-28-22/h6-7,10-11,14,18H,8-9,12-13,15-17,27H2,1-3H3. The summed E-state index contributed by atoms with van der Waals surface area (Å²) in [7, 11) is 0. The summed E-state index contributed by atoms with van der Waals surface area (Å²) in [5, 5.41) is 4.47. The molecule has 0 spiro atoms. The van der Waals surface area contributed by atoms with Gasteiger partial charge in [-0.05, 0) is 25.3 Å². The number of hydrogen-bond acceptors (Lipinski definition) is 6. The van der Waals surface area contributed by atoms with Crippen molar-refractivity contribution >= 4 is 22.7 Å². The molecule has 5 rings (SSSR count). The maximum absolute atomic E-state index is 13.7. The topological polar surface area (TPSA) is 94.3 Å². The van der Waals surface area contributed by atoms with Gasteiger partial charge in [-0.2, -0.15) is 5.10 Å². The summed E-state index contributed by atoms with van der Waals surface area (Å²) < 4.78 is 3.42. The van der Waals surface area contributed by atoms with Crippen LogP contribution in [0.1, 0.15) is 44.7 Å². The first-order chi connectivity index (χ1) is 16.4. The Balaban J connectivity index is 1.58. The molecule has 1 saturated heterocycles. The van der Waals surface area contributed by atoms with Gasteiger partial charge in [-0.25, -0.2) is 9.67 Å². The summed E-state index contributed by atoms with van der Waals surface area (Å²) in [6.07, 6.45) is 3.68. The van der Waals surface area contributed by atoms with E-state index in [1.165, 1.54) is 10.2 Å². The molecule has 2 aliphatic rings. The zero-order valence-corrected chi connectivity index (χ0v) is 20.1. The lowest BCUT2D eigenvalue weighted by atomic mass is 9.78. The molecular weight excluding hydrogens is 426 g/mol. The molecule has 1 fully saturated rings. The molecule has 8 nitrogen and oxygen atoms in total. The monoisotopic (exact) mass is 457 g/mol. The number of rotatable bonds is 4. The second-order valence-corrected chi connectivity index (χ2v) is 9.81. The Bertz CT molecular complexity index is 1390. The molecule has 2 aromatic heterocycles. The molecular formula is C26H31N7O. The average molecular weight is 458 g/mol. The molecule has 0 bridgehead atoms. The summed E-state index contributed by atoms with van der Waals surface area (Å²) in [6.45, 7) is 9.17. The third kappa shape index (κ3) is 3.90. The number of nitrogens with zero attached hydrogens (tertiary/aromatic N) is 6. The van der Waals surface area contributed by atoms with Gasteiger partial charge in [0, 0.05) is 36.7 Å². The Morgan fingerprint density at radius 2 is 2.09 bits per heavy atom. The highest BCUT2D eigenvalue weighted by atomic mass is 16.1. The summed E-state index contributed by atoms with van der Waals surface area (Å²) in [5.41, 5.74) is 10.3. The fourth-order valence-corrected chi connectivity index (χ4v) is 4.99. The van der Waals surface area contributed by atoms with Crippen molar-refractivity contribution in [3.63, 3.8) is 0 Å². The van der Waals surface area contributed by atoms with E-state index in [0.29, 0.717) is 37.2 Å². The van der Waals surface area contributed by atoms with E-state index >= 15 is 0 Å². The minimum Gasteiger partial charge on any atom is -0.341 e. The highest BCUT2D eigenvalue weighted by Crippen LogP contribution is 2.31. The predicted molar refractivity (Wildman–Crippen MR) is 136 cm³/mol. The summed E-state index contributed by atoms with van der Waals surface area (Å²) in [5.74, 6) is 6.79. The van der Waals surface area contributed by atoms with Crippen LogP contribution in [0.2, 0.25) is 0 Å². The highest BCUT2D eigenvalue weighted by molar-refractivity contribution is 6.03. The Labute approximate surface area is 199 Å². The summed E-state index contributed by atoms with van der Waals surface area (Å²) in [4.78, 5) is 25.5. The largest absolute Gasteiger partial charge is 0.341 e. The fourth-order valence-electron chi connectivity index (χ4n) is 4.99. The van der Waals surface area contributed by atoms with Gasteiger partial charge in [-0.15, -0.1) is 5.92 Å². The van der Waals surface area contributed by atoms with Crippen LogP contribution in [0.15, 0.2) is 40.2 Å². The van der Waals surface area contributed by atoms with Gasteiger partial charge in [0.05, 0.1) is 25.0 Å². The van der Waals surface area contributed by atoms with E-state index in [-0.39, 0.29) is 17.0 Å². The van der Waals surface area contributed by atoms with E-state index in [1.54, 1.807) is 13.1 Å². The van der Waals surface area contributed by atoms with Crippen LogP contribution in [-0.4, -0.2) is 50.7 Å². The van der Waals surface area contributed by atoms with Crippen molar-refractivity contribution < 1.29 is 0 Å². The van der Waals surface area contributed by atoms with Gasteiger partial charge in [-0.1, -0.05) is 44.0 Å². The van der Waals surface area contributed by atoms with E-state index in [9.17, 15) is 4.79 Å². The first-order valence-corrected chi connectivity index (χ1v) is 11.9. The maximum atomic E-state index is 13.7. The van der Waals surface area contributed by atoms with Crippen LogP contribution < -0.4 is 16.2 Å². The quantitative estimate of drug-likeness (QED) is 0.607. The zero-order chi connectivity index (χ0) is 23.9. The summed E-state index contributed by atoms with van der Waals surface area (Å²) in [6, 6.07) is 8.40. The minimum atomic E-state index is -0.180. The van der Waals surface area contributed by atoms with Gasteiger partial charge in [-0.3, -0.25) is 14.4 Å². The third-order valence-corrected chi connectivity index (χ3v) is 6.82. The van der Waals surface area contributed by atoms with Crippen LogP contribution in [0.5, 0.6) is 0 Å². The second-order valence-electron chi connectivity index (χ2n) is 9.81. The van der Waals surface area contributed by atoms with Crippen molar-refractivity contribution in [1.29, 1.82) is 0 Å². The van der Waals surface area contributed by atoms with E-state index in [0.717, 1.165) is 36.6 Å². The van der Waals surface area contributed by atoms with Crippen molar-refractivity contribution in [2.24, 2.45) is 10.7 Å². The number of aliphatic imine (C=N–C) groups is 1. The SMILES string of the molecule is CC#CCn1c(N2CCCC(N)C2)nc2cnn(CC3=NCC(C)(C)c4ccccc43)c(=O)c21. The van der Waals surface area contributed by atoms with Crippen LogP contribution >= 0.6 is 0 Å². The number of nitrogens with two attached hydrogens (primary N) is 1. The lowest BCUT2D eigenvalue weighted by Crippen LogP contribution is -2.44. The number of benzene rings is 1. The lowest BCUT2D eigenvalue weighted by molar-refractivity contribution is 0.496. The van der Waals surface area contributed by atoms with Gasteiger partial charge in [0.25, 0.3) is 5.56 Å². The third-order valence-electron chi connectivity index (χ3n) is 6.82. The molecule has 1 aromatic carbocycles. The normalized spacial score (nSPS) is 19.4. The Morgan fingerprint density at radius 3 is 2.88 bits per heavy atom. The van der Waals surface area contributed by atoms with Gasteiger partial charge in [0.15, 0.2) is 0 Å². The molecule has 176 valence electrons. The van der Waals surface area contributed by atoms with E-state index in [1.807, 2.05) is 10.6 Å². The molecule has 2 aliphatic heterocycles. The zero-order valence-electron chi connectivity index (χ0n) is 20.1. The number of hydrogen-bond donors (Lipinski definition) is 1. The highest BCUT2D eigenvalue weighted by Gasteiger charge is 2.30. The van der Waals surface area contributed by atoms with Crippen LogP contribution in [0.3, 0.4) is 0 Å². The number of aromatic nitrogens is 4. The van der Waals surface area contributed by atoms with Crippen LogP contribution in [0, 0.1) is 11.8 Å². The van der Waals surface area contributed by atoms with Crippen LogP contribution in [-0.2, 0) is 18.5 Å². The average Bonchev–Trinajstić information content (AvgIpc) is 3.20. The number of piperidine rings is 1. The first-order valence-electron chi connectivity index (χ1n) is 11.9. The molecule has 0 aliphatic carbocycles. The van der Waals surface area contributed by atoms with Crippen LogP contribution in [0.25, 0.3) is 11.0 Å². The van der Waals surface area contributed by atoms with Crippen molar-refractivity contribution in [1.82, 2.24) is 19.3 Å². The molecule has 0 amide bonds. The van der Waals surface area contributed by atoms with Crippen LogP contribution in [0.4, 0.5) is 5.95 Å². The van der Waals surface area contributed by atoms with E-state index < -0.39 is 0 Å². The van der Waals surface area contributed by atoms with Crippen molar-refractivity contribution in [3.8, 4) is 11.8 Å². The number of anilines is 1. The summed E-state index contributed by atoms with van der Waals surface area (Å²) >= 11 is 0. The molecule has 3 aromatic rings. The number of fused-ring (bicyclic) bond motifs is 2. The predicted octanol–water partition coefficient (Wildman–Crippen LogP) is 2.32. The molecule has 0 saturated carbocycles. The van der Waals surface area contributed by atoms with E-state index in [4.69, 9.17) is 15.7 Å². The molecule has 34 heavy (non-hydrogen) atoms. The Hall–Kier alpha value is -3.44. The molecule has 1 unspecified atom stereocenters. The number of imidazole rings is 1. The van der Waals surface area contributed by atoms with Gasteiger partial charge in [0.1, 0.15) is 11.0 Å². The molecule has 1 atom stereocenters. The van der Waals surface area contributed by atoms with Crippen molar-refractivity contribution in [2.75, 3.05) is 24.5 Å². The first kappa shape index (κ1) is 22.4. The molecule has 2 N–H and O–H groups in total. The van der Waals surface area contributed by atoms with Gasteiger partial charge < -0.3 is 10.6 Å². The maximum Gasteiger partial charge on any atom is 0.293 e. The van der Waals surface area contributed by atoms with Gasteiger partial charge >= 0.3 is 0 Å².